The number of pyridine rings is 1. The minimum Gasteiger partial charge on any atom is -0.497 e. The standard InChI is InChI=1S/C15H15N3O2/c1-20-12-6-4-10(5-7-12)13-14(16)18-8-2-3-11(9-19)15(18)17-13/h2-8,19H,9,16H2,1H3. The number of imidazole rings is 1. The van der Waals surface area contributed by atoms with Gasteiger partial charge in [-0.15, -0.1) is 0 Å². The first-order chi connectivity index (χ1) is 9.74. The van der Waals surface area contributed by atoms with Crippen LogP contribution in [0, 0.1) is 0 Å². The number of rotatable bonds is 3. The number of hydrogen-bond donors (Lipinski definition) is 2. The highest BCUT2D eigenvalue weighted by atomic mass is 16.5. The lowest BCUT2D eigenvalue weighted by Gasteiger charge is -2.02. The van der Waals surface area contributed by atoms with E-state index in [4.69, 9.17) is 10.5 Å². The second-order valence-electron chi connectivity index (χ2n) is 4.46. The van der Waals surface area contributed by atoms with Gasteiger partial charge in [0.25, 0.3) is 0 Å². The zero-order chi connectivity index (χ0) is 14.1. The maximum absolute atomic E-state index is 9.36. The molecule has 1 aromatic carbocycles. The number of anilines is 1. The normalized spacial score (nSPS) is 10.9. The van der Waals surface area contributed by atoms with E-state index in [0.717, 1.165) is 16.9 Å². The molecule has 0 saturated heterocycles. The molecule has 2 aromatic heterocycles. The third-order valence-corrected chi connectivity index (χ3v) is 3.30. The summed E-state index contributed by atoms with van der Waals surface area (Å²) in [5.74, 6) is 1.34. The summed E-state index contributed by atoms with van der Waals surface area (Å²) in [5.41, 5.74) is 9.20. The van der Waals surface area contributed by atoms with Crippen LogP contribution in [-0.2, 0) is 6.61 Å². The number of aliphatic hydroxyl groups is 1. The molecule has 0 spiro atoms. The van der Waals surface area contributed by atoms with Crippen LogP contribution in [0.4, 0.5) is 5.82 Å². The summed E-state index contributed by atoms with van der Waals surface area (Å²) in [4.78, 5) is 4.55. The molecule has 3 rings (SSSR count). The summed E-state index contributed by atoms with van der Waals surface area (Å²) < 4.78 is 6.92. The first-order valence-corrected chi connectivity index (χ1v) is 6.25. The van der Waals surface area contributed by atoms with Crippen molar-refractivity contribution in [2.45, 2.75) is 6.61 Å². The van der Waals surface area contributed by atoms with E-state index in [-0.39, 0.29) is 6.61 Å². The third kappa shape index (κ3) is 1.88. The fourth-order valence-electron chi connectivity index (χ4n) is 2.23. The summed E-state index contributed by atoms with van der Waals surface area (Å²) in [6.07, 6.45) is 1.84. The van der Waals surface area contributed by atoms with Gasteiger partial charge in [0, 0.05) is 17.3 Å². The van der Waals surface area contributed by atoms with Crippen LogP contribution in [0.2, 0.25) is 0 Å². The largest absolute Gasteiger partial charge is 0.497 e. The highest BCUT2D eigenvalue weighted by Crippen LogP contribution is 2.28. The number of benzene rings is 1. The maximum atomic E-state index is 9.36. The van der Waals surface area contributed by atoms with Gasteiger partial charge in [-0.1, -0.05) is 6.07 Å². The van der Waals surface area contributed by atoms with E-state index < -0.39 is 0 Å². The molecular weight excluding hydrogens is 254 g/mol. The fraction of sp³-hybridized carbons (Fsp3) is 0.133. The zero-order valence-corrected chi connectivity index (χ0v) is 11.1. The molecule has 0 bridgehead atoms. The van der Waals surface area contributed by atoms with Crippen molar-refractivity contribution in [3.05, 3.63) is 48.2 Å². The highest BCUT2D eigenvalue weighted by Gasteiger charge is 2.13. The molecule has 2 heterocycles. The van der Waals surface area contributed by atoms with Crippen LogP contribution < -0.4 is 10.5 Å². The molecule has 0 aliphatic heterocycles. The second kappa shape index (κ2) is 4.86. The van der Waals surface area contributed by atoms with Crippen LogP contribution in [0.3, 0.4) is 0 Å². The number of ether oxygens (including phenoxy) is 1. The van der Waals surface area contributed by atoms with Gasteiger partial charge in [0.1, 0.15) is 22.9 Å². The summed E-state index contributed by atoms with van der Waals surface area (Å²) in [7, 11) is 1.63. The first-order valence-electron chi connectivity index (χ1n) is 6.25. The average molecular weight is 269 g/mol. The van der Waals surface area contributed by atoms with E-state index in [0.29, 0.717) is 17.2 Å². The Morgan fingerprint density at radius 1 is 1.25 bits per heavy atom. The second-order valence-corrected chi connectivity index (χ2v) is 4.46. The summed E-state index contributed by atoms with van der Waals surface area (Å²) in [6.45, 7) is -0.0666. The topological polar surface area (TPSA) is 72.8 Å². The van der Waals surface area contributed by atoms with E-state index in [1.165, 1.54) is 0 Å². The number of fused-ring (bicyclic) bond motifs is 1. The third-order valence-electron chi connectivity index (χ3n) is 3.30. The van der Waals surface area contributed by atoms with E-state index in [1.54, 1.807) is 11.5 Å². The van der Waals surface area contributed by atoms with E-state index in [1.807, 2.05) is 42.6 Å². The average Bonchev–Trinajstić information content (AvgIpc) is 2.85. The number of nitrogens with two attached hydrogens (primary N) is 1. The molecule has 0 amide bonds. The lowest BCUT2D eigenvalue weighted by atomic mass is 10.1. The molecule has 0 atom stereocenters. The Labute approximate surface area is 116 Å². The number of aromatic nitrogens is 2. The van der Waals surface area contributed by atoms with Crippen LogP contribution in [0.15, 0.2) is 42.6 Å². The van der Waals surface area contributed by atoms with Crippen LogP contribution in [0.5, 0.6) is 5.75 Å². The summed E-state index contributed by atoms with van der Waals surface area (Å²) in [5, 5.41) is 9.36. The molecule has 0 fully saturated rings. The first kappa shape index (κ1) is 12.5. The number of nitrogen functional groups attached to an aromatic ring is 1. The predicted octanol–water partition coefficient (Wildman–Crippen LogP) is 2.08. The quantitative estimate of drug-likeness (QED) is 0.763. The molecule has 5 heteroatoms. The Morgan fingerprint density at radius 2 is 2.00 bits per heavy atom. The highest BCUT2D eigenvalue weighted by molar-refractivity contribution is 5.76. The molecule has 0 saturated carbocycles. The number of aliphatic hydroxyl groups excluding tert-OH is 1. The Bertz CT molecular complexity index is 748. The lowest BCUT2D eigenvalue weighted by molar-refractivity contribution is 0.282. The van der Waals surface area contributed by atoms with Gasteiger partial charge in [-0.3, -0.25) is 4.40 Å². The molecular formula is C15H15N3O2. The van der Waals surface area contributed by atoms with Gasteiger partial charge in [-0.25, -0.2) is 4.98 Å². The van der Waals surface area contributed by atoms with Gasteiger partial charge >= 0.3 is 0 Å². The molecule has 0 unspecified atom stereocenters. The van der Waals surface area contributed by atoms with Crippen LogP contribution in [0.1, 0.15) is 5.56 Å². The Morgan fingerprint density at radius 3 is 2.65 bits per heavy atom. The molecule has 0 aliphatic rings. The lowest BCUT2D eigenvalue weighted by Crippen LogP contribution is -1.95. The smallest absolute Gasteiger partial charge is 0.144 e. The van der Waals surface area contributed by atoms with Gasteiger partial charge < -0.3 is 15.6 Å². The van der Waals surface area contributed by atoms with Crippen LogP contribution in [-0.4, -0.2) is 21.6 Å². The maximum Gasteiger partial charge on any atom is 0.144 e. The van der Waals surface area contributed by atoms with Crippen molar-refractivity contribution in [2.24, 2.45) is 0 Å². The van der Waals surface area contributed by atoms with E-state index in [2.05, 4.69) is 4.98 Å². The molecule has 0 aliphatic carbocycles. The van der Waals surface area contributed by atoms with Crippen molar-refractivity contribution in [3.8, 4) is 17.0 Å². The minimum absolute atomic E-state index is 0.0666. The van der Waals surface area contributed by atoms with Gasteiger partial charge in [0.05, 0.1) is 13.7 Å². The SMILES string of the molecule is COc1ccc(-c2nc3c(CO)cccn3c2N)cc1. The van der Waals surface area contributed by atoms with Gasteiger partial charge in [-0.2, -0.15) is 0 Å². The van der Waals surface area contributed by atoms with Crippen molar-refractivity contribution in [3.63, 3.8) is 0 Å². The zero-order valence-electron chi connectivity index (χ0n) is 11.1. The van der Waals surface area contributed by atoms with Crippen molar-refractivity contribution < 1.29 is 9.84 Å². The van der Waals surface area contributed by atoms with Crippen LogP contribution in [0.25, 0.3) is 16.9 Å². The molecule has 0 radical (unpaired) electrons. The van der Waals surface area contributed by atoms with Gasteiger partial charge in [0.15, 0.2) is 0 Å². The Balaban J connectivity index is 2.18. The van der Waals surface area contributed by atoms with Gasteiger partial charge in [0.2, 0.25) is 0 Å². The monoisotopic (exact) mass is 269 g/mol. The number of methoxy groups -OCH3 is 1. The Kier molecular flexibility index (Phi) is 3.04. The number of hydrogen-bond acceptors (Lipinski definition) is 4. The molecule has 102 valence electrons. The van der Waals surface area contributed by atoms with Crippen molar-refractivity contribution in [1.82, 2.24) is 9.38 Å². The van der Waals surface area contributed by atoms with Gasteiger partial charge in [-0.05, 0) is 30.3 Å². The van der Waals surface area contributed by atoms with Crippen molar-refractivity contribution in [2.75, 3.05) is 12.8 Å². The van der Waals surface area contributed by atoms with Crippen LogP contribution >= 0.6 is 0 Å². The summed E-state index contributed by atoms with van der Waals surface area (Å²) >= 11 is 0. The van der Waals surface area contributed by atoms with E-state index >= 15 is 0 Å². The molecule has 5 nitrogen and oxygen atoms in total. The minimum atomic E-state index is -0.0666. The van der Waals surface area contributed by atoms with E-state index in [9.17, 15) is 5.11 Å². The predicted molar refractivity (Wildman–Crippen MR) is 77.5 cm³/mol. The molecule has 3 aromatic rings. The molecule has 20 heavy (non-hydrogen) atoms. The van der Waals surface area contributed by atoms with Crippen molar-refractivity contribution >= 4 is 11.5 Å². The Hall–Kier alpha value is -2.53. The molecule has 3 N–H and O–H groups in total. The summed E-state index contributed by atoms with van der Waals surface area (Å²) in [6, 6.07) is 11.2. The number of nitrogens with zero attached hydrogens (tertiary/aromatic N) is 2. The fourth-order valence-corrected chi connectivity index (χ4v) is 2.23. The van der Waals surface area contributed by atoms with Crippen molar-refractivity contribution in [1.29, 1.82) is 0 Å².